The fourth-order valence-corrected chi connectivity index (χ4v) is 4.64. The van der Waals surface area contributed by atoms with E-state index in [0.717, 1.165) is 15.6 Å². The van der Waals surface area contributed by atoms with Gasteiger partial charge < -0.3 is 10.1 Å². The molecule has 28 heavy (non-hydrogen) atoms. The SMILES string of the molecule is Cc1csc(SCC(=O)NC[C@H]2Cc3cc(F)cc(-c4cncnc4)c3O2)n1. The van der Waals surface area contributed by atoms with Crippen molar-refractivity contribution >= 4 is 29.0 Å². The quantitative estimate of drug-likeness (QED) is 0.622. The maximum atomic E-state index is 14.0. The van der Waals surface area contributed by atoms with Crippen molar-refractivity contribution in [2.75, 3.05) is 12.3 Å². The molecule has 1 N–H and O–H groups in total. The van der Waals surface area contributed by atoms with Crippen molar-refractivity contribution in [2.24, 2.45) is 0 Å². The van der Waals surface area contributed by atoms with Crippen LogP contribution < -0.4 is 10.1 Å². The number of fused-ring (bicyclic) bond motifs is 1. The number of amides is 1. The number of nitrogens with one attached hydrogen (secondary N) is 1. The number of hydrogen-bond donors (Lipinski definition) is 1. The van der Waals surface area contributed by atoms with Gasteiger partial charge in [-0.3, -0.25) is 4.79 Å². The molecule has 0 aliphatic carbocycles. The molecule has 1 aliphatic rings. The lowest BCUT2D eigenvalue weighted by atomic mass is 10.0. The van der Waals surface area contributed by atoms with E-state index in [1.165, 1.54) is 41.6 Å². The topological polar surface area (TPSA) is 77.0 Å². The minimum atomic E-state index is -0.332. The van der Waals surface area contributed by atoms with E-state index in [9.17, 15) is 9.18 Å². The van der Waals surface area contributed by atoms with Crippen LogP contribution in [-0.2, 0) is 11.2 Å². The Bertz CT molecular complexity index is 997. The standard InChI is InChI=1S/C19H17FN4O2S2/c1-11-8-27-19(24-11)28-9-17(25)23-7-15-3-12-2-14(20)4-16(18(12)26-15)13-5-21-10-22-6-13/h2,4-6,8,10,15H,3,7,9H2,1H3,(H,23,25)/t15-/m1/s1. The van der Waals surface area contributed by atoms with Gasteiger partial charge in [-0.05, 0) is 19.1 Å². The van der Waals surface area contributed by atoms with Gasteiger partial charge in [-0.25, -0.2) is 19.3 Å². The Morgan fingerprint density at radius 3 is 2.96 bits per heavy atom. The van der Waals surface area contributed by atoms with Crippen LogP contribution in [0.4, 0.5) is 4.39 Å². The Morgan fingerprint density at radius 2 is 2.21 bits per heavy atom. The number of ether oxygens (including phenoxy) is 1. The van der Waals surface area contributed by atoms with Gasteiger partial charge in [-0.2, -0.15) is 0 Å². The number of rotatable bonds is 6. The third-order valence-corrected chi connectivity index (χ3v) is 6.32. The summed E-state index contributed by atoms with van der Waals surface area (Å²) in [6.45, 7) is 2.28. The first kappa shape index (κ1) is 18.8. The summed E-state index contributed by atoms with van der Waals surface area (Å²) in [4.78, 5) is 24.4. The highest BCUT2D eigenvalue weighted by Gasteiger charge is 2.27. The highest BCUT2D eigenvalue weighted by Crippen LogP contribution is 2.39. The van der Waals surface area contributed by atoms with Gasteiger partial charge in [-0.1, -0.05) is 11.8 Å². The van der Waals surface area contributed by atoms with Crippen molar-refractivity contribution in [1.29, 1.82) is 0 Å². The van der Waals surface area contributed by atoms with E-state index in [4.69, 9.17) is 4.74 Å². The fourth-order valence-electron chi connectivity index (χ4n) is 2.97. The van der Waals surface area contributed by atoms with Crippen molar-refractivity contribution in [1.82, 2.24) is 20.3 Å². The third kappa shape index (κ3) is 4.31. The number of carbonyl (C=O) groups is 1. The summed E-state index contributed by atoms with van der Waals surface area (Å²) in [5.74, 6) is 0.512. The smallest absolute Gasteiger partial charge is 0.230 e. The molecule has 4 rings (SSSR count). The largest absolute Gasteiger partial charge is 0.487 e. The number of benzene rings is 1. The maximum absolute atomic E-state index is 14.0. The molecule has 144 valence electrons. The summed E-state index contributed by atoms with van der Waals surface area (Å²) >= 11 is 2.94. The summed E-state index contributed by atoms with van der Waals surface area (Å²) < 4.78 is 20.9. The van der Waals surface area contributed by atoms with Gasteiger partial charge >= 0.3 is 0 Å². The molecular weight excluding hydrogens is 399 g/mol. The van der Waals surface area contributed by atoms with Crippen LogP contribution >= 0.6 is 23.1 Å². The number of aromatic nitrogens is 3. The number of carbonyl (C=O) groups excluding carboxylic acids is 1. The van der Waals surface area contributed by atoms with E-state index in [1.54, 1.807) is 12.4 Å². The van der Waals surface area contributed by atoms with Gasteiger partial charge in [0, 0.05) is 46.6 Å². The van der Waals surface area contributed by atoms with E-state index < -0.39 is 0 Å². The van der Waals surface area contributed by atoms with E-state index in [2.05, 4.69) is 20.3 Å². The van der Waals surface area contributed by atoms with Crippen LogP contribution in [0.5, 0.6) is 5.75 Å². The molecule has 0 radical (unpaired) electrons. The number of hydrogen-bond acceptors (Lipinski definition) is 7. The average Bonchev–Trinajstić information content (AvgIpc) is 3.30. The molecule has 1 aromatic carbocycles. The minimum Gasteiger partial charge on any atom is -0.487 e. The maximum Gasteiger partial charge on any atom is 0.230 e. The molecule has 1 aliphatic heterocycles. The Kier molecular flexibility index (Phi) is 5.54. The second kappa shape index (κ2) is 8.24. The van der Waals surface area contributed by atoms with E-state index in [1.807, 2.05) is 12.3 Å². The van der Waals surface area contributed by atoms with Gasteiger partial charge in [0.1, 0.15) is 24.0 Å². The normalized spacial score (nSPS) is 15.1. The molecule has 0 saturated heterocycles. The lowest BCUT2D eigenvalue weighted by Gasteiger charge is -2.13. The number of thioether (sulfide) groups is 1. The van der Waals surface area contributed by atoms with Crippen molar-refractivity contribution in [3.63, 3.8) is 0 Å². The Balaban J connectivity index is 1.36. The van der Waals surface area contributed by atoms with Crippen LogP contribution in [0.3, 0.4) is 0 Å². The summed E-state index contributed by atoms with van der Waals surface area (Å²) in [5, 5.41) is 4.84. The molecule has 0 unspecified atom stereocenters. The summed E-state index contributed by atoms with van der Waals surface area (Å²) in [6.07, 6.45) is 4.97. The lowest BCUT2D eigenvalue weighted by molar-refractivity contribution is -0.118. The van der Waals surface area contributed by atoms with Crippen LogP contribution in [0.1, 0.15) is 11.3 Å². The number of halogens is 1. The molecule has 1 amide bonds. The molecule has 6 nitrogen and oxygen atoms in total. The Hall–Kier alpha value is -2.52. The fraction of sp³-hybridized carbons (Fsp3) is 0.263. The van der Waals surface area contributed by atoms with E-state index >= 15 is 0 Å². The number of aryl methyl sites for hydroxylation is 1. The minimum absolute atomic E-state index is 0.0831. The zero-order valence-corrected chi connectivity index (χ0v) is 16.6. The average molecular weight is 417 g/mol. The highest BCUT2D eigenvalue weighted by atomic mass is 32.2. The molecule has 0 bridgehead atoms. The molecule has 3 aromatic rings. The van der Waals surface area contributed by atoms with Crippen LogP contribution in [0.25, 0.3) is 11.1 Å². The Labute approximate surface area is 169 Å². The van der Waals surface area contributed by atoms with Crippen LogP contribution in [-0.4, -0.2) is 39.3 Å². The molecule has 9 heteroatoms. The van der Waals surface area contributed by atoms with Gasteiger partial charge in [0.2, 0.25) is 5.91 Å². The predicted molar refractivity (Wildman–Crippen MR) is 106 cm³/mol. The molecule has 0 fully saturated rings. The summed E-state index contributed by atoms with van der Waals surface area (Å²) in [6, 6.07) is 2.90. The second-order valence-corrected chi connectivity index (χ2v) is 8.44. The third-order valence-electron chi connectivity index (χ3n) is 4.19. The van der Waals surface area contributed by atoms with Crippen molar-refractivity contribution in [2.45, 2.75) is 23.8 Å². The monoisotopic (exact) mass is 416 g/mol. The van der Waals surface area contributed by atoms with Gasteiger partial charge in [-0.15, -0.1) is 11.3 Å². The Morgan fingerprint density at radius 1 is 1.39 bits per heavy atom. The highest BCUT2D eigenvalue weighted by molar-refractivity contribution is 8.01. The molecule has 0 saturated carbocycles. The lowest BCUT2D eigenvalue weighted by Crippen LogP contribution is -2.35. The first-order valence-corrected chi connectivity index (χ1v) is 10.5. The summed E-state index contributed by atoms with van der Waals surface area (Å²) in [5.41, 5.74) is 3.06. The van der Waals surface area contributed by atoms with Crippen LogP contribution in [0.2, 0.25) is 0 Å². The molecule has 0 spiro atoms. The molecule has 2 aromatic heterocycles. The molecule has 3 heterocycles. The second-order valence-electron chi connectivity index (χ2n) is 6.36. The zero-order valence-electron chi connectivity index (χ0n) is 15.0. The van der Waals surface area contributed by atoms with Gasteiger partial charge in [0.25, 0.3) is 0 Å². The molecule has 1 atom stereocenters. The van der Waals surface area contributed by atoms with Crippen LogP contribution in [0.15, 0.2) is 40.6 Å². The van der Waals surface area contributed by atoms with E-state index in [-0.39, 0.29) is 17.8 Å². The number of nitrogens with zero attached hydrogens (tertiary/aromatic N) is 3. The first-order chi connectivity index (χ1) is 13.6. The van der Waals surface area contributed by atoms with Crippen molar-refractivity contribution in [3.8, 4) is 16.9 Å². The van der Waals surface area contributed by atoms with Crippen molar-refractivity contribution in [3.05, 3.63) is 53.3 Å². The first-order valence-electron chi connectivity index (χ1n) is 8.64. The van der Waals surface area contributed by atoms with E-state index in [0.29, 0.717) is 35.6 Å². The zero-order chi connectivity index (χ0) is 19.5. The van der Waals surface area contributed by atoms with Gasteiger partial charge in [0.15, 0.2) is 4.34 Å². The van der Waals surface area contributed by atoms with Crippen LogP contribution in [0, 0.1) is 12.7 Å². The predicted octanol–water partition coefficient (Wildman–Crippen LogP) is 3.26. The molecular formula is C19H17FN4O2S2. The number of thiazole rings is 1. The van der Waals surface area contributed by atoms with Crippen molar-refractivity contribution < 1.29 is 13.9 Å². The summed E-state index contributed by atoms with van der Waals surface area (Å²) in [7, 11) is 0. The van der Waals surface area contributed by atoms with Gasteiger partial charge in [0.05, 0.1) is 12.3 Å².